The molecule has 5 fully saturated rings. The number of carbonyl (C=O) groups is 6. The normalized spacial score (nSPS) is 30.8. The summed E-state index contributed by atoms with van der Waals surface area (Å²) in [7, 11) is 1.31. The SMILES string of the molecule is CN(C(=O)OC(C)(C)C)[C@@H]1[C@@H](O)[C@@H](O[C@@H]2[C@@H](O)[C@H](O[C@H]3O[C@H](CN(CCOC4CCCCO4)C(=O)OC(C)(C)C)CC[C@H]3NC(=O)OC(C)(C)C)[C@@H](NC(=O)OC(C)(C)C)C[C@H]2NC(=O)C2(O)CN(C(=O)OC(C)(C)C)C2)OC[C@]1(C)O. The van der Waals surface area contributed by atoms with Gasteiger partial charge in [0.25, 0.3) is 5.91 Å². The maximum Gasteiger partial charge on any atom is 0.410 e. The fourth-order valence-corrected chi connectivity index (χ4v) is 9.94. The fraction of sp³-hybridized carbons (Fsp3) is 0.891. The lowest BCUT2D eigenvalue weighted by Gasteiger charge is -2.51. The van der Waals surface area contributed by atoms with Gasteiger partial charge in [0.2, 0.25) is 0 Å². The molecule has 1 saturated carbocycles. The van der Waals surface area contributed by atoms with E-state index in [2.05, 4.69) is 16.0 Å². The van der Waals surface area contributed by atoms with Crippen LogP contribution >= 0.6 is 0 Å². The van der Waals surface area contributed by atoms with E-state index in [9.17, 15) is 49.2 Å². The molecule has 0 radical (unpaired) electrons. The molecule has 27 nitrogen and oxygen atoms in total. The van der Waals surface area contributed by atoms with Crippen LogP contribution in [-0.4, -0.2) is 237 Å². The van der Waals surface area contributed by atoms with Crippen molar-refractivity contribution < 1.29 is 101 Å². The van der Waals surface area contributed by atoms with Gasteiger partial charge in [0.1, 0.15) is 58.0 Å². The molecular weight excluding hydrogens is 1080 g/mol. The van der Waals surface area contributed by atoms with Crippen LogP contribution in [-0.2, 0) is 56.9 Å². The summed E-state index contributed by atoms with van der Waals surface area (Å²) in [5, 5.41) is 56.6. The minimum absolute atomic E-state index is 0.0661. The van der Waals surface area contributed by atoms with Crippen LogP contribution in [0, 0.1) is 0 Å². The first-order valence-corrected chi connectivity index (χ1v) is 28.4. The number of carbonyl (C=O) groups excluding carboxylic acids is 6. The Hall–Kier alpha value is -4.58. The van der Waals surface area contributed by atoms with Crippen molar-refractivity contribution in [2.24, 2.45) is 0 Å². The summed E-state index contributed by atoms with van der Waals surface area (Å²) in [5.74, 6) is -1.02. The van der Waals surface area contributed by atoms with Crippen molar-refractivity contribution in [3.8, 4) is 0 Å². The van der Waals surface area contributed by atoms with Crippen LogP contribution in [0.4, 0.5) is 24.0 Å². The molecule has 0 spiro atoms. The molecule has 4 saturated heterocycles. The number of alkyl carbamates (subject to hydrolysis) is 2. The predicted molar refractivity (Wildman–Crippen MR) is 291 cm³/mol. The molecule has 6 amide bonds. The summed E-state index contributed by atoms with van der Waals surface area (Å²) >= 11 is 0. The zero-order valence-electron chi connectivity index (χ0n) is 51.2. The standard InChI is InChI=1S/C55H96N6O21/c1-49(2,3)78-44(65)57-32-22-21-31(27-60(47(68)81-52(10,11)12)23-25-73-35-20-18-19-24-72-35)75-41(32)76-39-34(58-45(66)79-50(4,5)6)26-33(56-43(64)55(71)28-61(29-55)48(69)82-53(13,14)15)38(36(39)62)77-42-37(63)40(54(16,70)30-74-42)59(17)46(67)80-51(7,8)9/h31-42,62-63,70-71H,18-30H2,1-17H3,(H,56,64)(H,57,65)(H,58,66)/t31-,32+,33+,34-,35?,36+,37+,38-,39+,40+,41+,42+,54-/m0/s1. The molecule has 5 rings (SSSR count). The molecule has 5 aliphatic rings. The zero-order valence-corrected chi connectivity index (χ0v) is 51.2. The van der Waals surface area contributed by atoms with Gasteiger partial charge in [0.15, 0.2) is 24.5 Å². The van der Waals surface area contributed by atoms with Crippen LogP contribution in [0.3, 0.4) is 0 Å². The number of nitrogens with zero attached hydrogens (tertiary/aromatic N) is 3. The van der Waals surface area contributed by atoms with E-state index in [0.717, 1.165) is 22.6 Å². The van der Waals surface area contributed by atoms with Gasteiger partial charge in [-0.1, -0.05) is 0 Å². The van der Waals surface area contributed by atoms with Gasteiger partial charge in [-0.05, 0) is 149 Å². The second-order valence-electron chi connectivity index (χ2n) is 27.2. The quantitative estimate of drug-likeness (QED) is 0.115. The highest BCUT2D eigenvalue weighted by molar-refractivity contribution is 5.89. The van der Waals surface area contributed by atoms with Crippen LogP contribution in [0.1, 0.15) is 149 Å². The van der Waals surface area contributed by atoms with Gasteiger partial charge in [-0.3, -0.25) is 4.79 Å². The highest BCUT2D eigenvalue weighted by Crippen LogP contribution is 2.36. The Morgan fingerprint density at radius 3 is 1.70 bits per heavy atom. The fourth-order valence-electron chi connectivity index (χ4n) is 9.94. The van der Waals surface area contributed by atoms with Gasteiger partial charge < -0.3 is 103 Å². The topological polar surface area (TPSA) is 331 Å². The van der Waals surface area contributed by atoms with E-state index in [1.165, 1.54) is 18.9 Å². The molecule has 13 atom stereocenters. The van der Waals surface area contributed by atoms with Gasteiger partial charge >= 0.3 is 30.5 Å². The molecule has 7 N–H and O–H groups in total. The van der Waals surface area contributed by atoms with Crippen LogP contribution in [0.2, 0.25) is 0 Å². The zero-order chi connectivity index (χ0) is 61.7. The molecule has 4 heterocycles. The number of ether oxygens (including phenoxy) is 11. The smallest absolute Gasteiger partial charge is 0.410 e. The van der Waals surface area contributed by atoms with Crippen molar-refractivity contribution in [3.63, 3.8) is 0 Å². The van der Waals surface area contributed by atoms with Crippen molar-refractivity contribution in [2.75, 3.05) is 53.0 Å². The van der Waals surface area contributed by atoms with Crippen molar-refractivity contribution in [2.45, 2.75) is 262 Å². The molecule has 4 aliphatic heterocycles. The lowest BCUT2D eigenvalue weighted by molar-refractivity contribution is -0.315. The second kappa shape index (κ2) is 26.8. The van der Waals surface area contributed by atoms with E-state index in [4.69, 9.17) is 52.1 Å². The van der Waals surface area contributed by atoms with E-state index in [0.29, 0.717) is 13.0 Å². The molecule has 1 aliphatic carbocycles. The first kappa shape index (κ1) is 68.2. The number of β-amino-alcohol motifs (C(OH)–C–C–N with tert-alkyl or cyclic N) is 1. The molecule has 0 aromatic rings. The number of likely N-dealkylation sites (N-methyl/N-ethyl adjacent to an activating group) is 1. The van der Waals surface area contributed by atoms with Crippen LogP contribution in [0.15, 0.2) is 0 Å². The Bertz CT molecular complexity index is 2170. The van der Waals surface area contributed by atoms with Crippen molar-refractivity contribution in [3.05, 3.63) is 0 Å². The van der Waals surface area contributed by atoms with Gasteiger partial charge in [-0.25, -0.2) is 24.0 Å². The third kappa shape index (κ3) is 20.3. The number of aliphatic hydroxyl groups excluding tert-OH is 2. The van der Waals surface area contributed by atoms with Crippen LogP contribution in [0.5, 0.6) is 0 Å². The largest absolute Gasteiger partial charge is 0.444 e. The molecule has 27 heteroatoms. The van der Waals surface area contributed by atoms with Crippen molar-refractivity contribution >= 4 is 36.4 Å². The maximum atomic E-state index is 14.3. The Labute approximate surface area is 482 Å². The lowest BCUT2D eigenvalue weighted by Crippen LogP contribution is -2.74. The first-order valence-electron chi connectivity index (χ1n) is 28.4. The number of rotatable bonds is 15. The molecule has 472 valence electrons. The van der Waals surface area contributed by atoms with Gasteiger partial charge in [-0.2, -0.15) is 0 Å². The van der Waals surface area contributed by atoms with Crippen LogP contribution < -0.4 is 16.0 Å². The molecule has 0 bridgehead atoms. The third-order valence-electron chi connectivity index (χ3n) is 13.5. The number of aliphatic hydroxyl groups is 4. The molecule has 1 unspecified atom stereocenters. The number of hydrogen-bond acceptors (Lipinski definition) is 21. The molecule has 0 aromatic carbocycles. The third-order valence-corrected chi connectivity index (χ3v) is 13.5. The number of likely N-dealkylation sites (tertiary alicyclic amines) is 1. The summed E-state index contributed by atoms with van der Waals surface area (Å²) in [4.78, 5) is 85.6. The highest BCUT2D eigenvalue weighted by Gasteiger charge is 2.57. The van der Waals surface area contributed by atoms with E-state index in [1.807, 2.05) is 0 Å². The van der Waals surface area contributed by atoms with Crippen LogP contribution in [0.25, 0.3) is 0 Å². The van der Waals surface area contributed by atoms with Crippen molar-refractivity contribution in [1.82, 2.24) is 30.7 Å². The average molecular weight is 1180 g/mol. The van der Waals surface area contributed by atoms with E-state index >= 15 is 0 Å². The van der Waals surface area contributed by atoms with Gasteiger partial charge in [0, 0.05) is 20.2 Å². The summed E-state index contributed by atoms with van der Waals surface area (Å²) in [6.45, 7) is 25.5. The molecular formula is C55H96N6O21. The second-order valence-corrected chi connectivity index (χ2v) is 27.2. The molecule has 0 aromatic heterocycles. The summed E-state index contributed by atoms with van der Waals surface area (Å²) in [6, 6.07) is -5.23. The van der Waals surface area contributed by atoms with E-state index in [1.54, 1.807) is 104 Å². The Balaban J connectivity index is 1.55. The molecule has 82 heavy (non-hydrogen) atoms. The average Bonchev–Trinajstić information content (AvgIpc) is 3.28. The highest BCUT2D eigenvalue weighted by atomic mass is 16.7. The van der Waals surface area contributed by atoms with Gasteiger partial charge in [-0.15, -0.1) is 0 Å². The number of nitrogens with one attached hydrogen (secondary N) is 3. The predicted octanol–water partition coefficient (Wildman–Crippen LogP) is 3.76. The number of amides is 6. The number of hydrogen-bond donors (Lipinski definition) is 7. The van der Waals surface area contributed by atoms with E-state index in [-0.39, 0.29) is 39.0 Å². The minimum Gasteiger partial charge on any atom is -0.444 e. The maximum absolute atomic E-state index is 14.3. The summed E-state index contributed by atoms with van der Waals surface area (Å²) in [6.07, 6.45) is -13.3. The Morgan fingerprint density at radius 1 is 0.634 bits per heavy atom. The summed E-state index contributed by atoms with van der Waals surface area (Å²) in [5.41, 5.74) is -8.84. The Kier molecular flexibility index (Phi) is 22.3. The Morgan fingerprint density at radius 2 is 1.16 bits per heavy atom. The monoisotopic (exact) mass is 1180 g/mol. The van der Waals surface area contributed by atoms with Crippen molar-refractivity contribution in [1.29, 1.82) is 0 Å². The van der Waals surface area contributed by atoms with E-state index < -0.39 is 169 Å². The lowest BCUT2D eigenvalue weighted by atomic mass is 9.82. The summed E-state index contributed by atoms with van der Waals surface area (Å²) < 4.78 is 65.7. The van der Waals surface area contributed by atoms with Gasteiger partial charge in [0.05, 0.1) is 63.1 Å². The first-order chi connectivity index (χ1) is 37.5. The minimum atomic E-state index is -2.19.